The summed E-state index contributed by atoms with van der Waals surface area (Å²) in [7, 11) is 0. The molecule has 268 valence electrons. The molecule has 4 aliphatic rings. The molecule has 0 saturated heterocycles. The van der Waals surface area contributed by atoms with Crippen LogP contribution in [-0.4, -0.2) is 144 Å². The molecule has 18 heteroatoms. The van der Waals surface area contributed by atoms with E-state index < -0.39 is 22.2 Å². The molecule has 0 aliphatic carbocycles. The number of aliphatic imine (C=N–C) groups is 4. The van der Waals surface area contributed by atoms with Crippen LogP contribution in [0.2, 0.25) is 0 Å². The summed E-state index contributed by atoms with van der Waals surface area (Å²) in [5.41, 5.74) is -1.90. The summed E-state index contributed by atoms with van der Waals surface area (Å²) in [6, 6.07) is 0. The lowest BCUT2D eigenvalue weighted by molar-refractivity contribution is 0.250. The summed E-state index contributed by atoms with van der Waals surface area (Å²) < 4.78 is 0. The van der Waals surface area contributed by atoms with E-state index in [1.54, 1.807) is 0 Å². The Kier molecular flexibility index (Phi) is 20.0. The van der Waals surface area contributed by atoms with E-state index in [1.807, 2.05) is 55.4 Å². The second-order valence-electron chi connectivity index (χ2n) is 12.8. The van der Waals surface area contributed by atoms with E-state index in [0.29, 0.717) is 13.1 Å². The van der Waals surface area contributed by atoms with Crippen LogP contribution in [-0.2, 0) is 0 Å². The quantitative estimate of drug-likeness (QED) is 0.225. The van der Waals surface area contributed by atoms with Crippen molar-refractivity contribution in [3.8, 4) is 0 Å². The molecule has 0 aromatic rings. The van der Waals surface area contributed by atoms with Crippen molar-refractivity contribution < 1.29 is 10.2 Å². The van der Waals surface area contributed by atoms with Gasteiger partial charge in [0.15, 0.2) is 0 Å². The number of nitrogens with zero attached hydrogens (tertiary/aromatic N) is 10. The largest absolute Gasteiger partial charge is 0.395 e. The van der Waals surface area contributed by atoms with E-state index in [9.17, 15) is 10.2 Å². The van der Waals surface area contributed by atoms with Crippen LogP contribution in [0.1, 0.15) is 55.4 Å². The fraction of sp³-hybridized carbons (Fsp3) is 0.857. The Bertz CT molecular complexity index is 1040. The summed E-state index contributed by atoms with van der Waals surface area (Å²) in [5, 5.41) is 43.0. The van der Waals surface area contributed by atoms with Gasteiger partial charge in [-0.3, -0.25) is 20.0 Å². The van der Waals surface area contributed by atoms with Gasteiger partial charge in [-0.1, -0.05) is 0 Å². The fourth-order valence-corrected chi connectivity index (χ4v) is 5.10. The van der Waals surface area contributed by atoms with Gasteiger partial charge in [-0.05, 0) is 55.4 Å². The van der Waals surface area contributed by atoms with Gasteiger partial charge in [0.05, 0.1) is 39.4 Å². The zero-order chi connectivity index (χ0) is 31.0. The molecule has 0 radical (unpaired) electrons. The highest BCUT2D eigenvalue weighted by Gasteiger charge is 2.36. The van der Waals surface area contributed by atoms with E-state index in [2.05, 4.69) is 60.9 Å². The Labute approximate surface area is 299 Å². The highest BCUT2D eigenvalue weighted by Crippen LogP contribution is 2.25. The van der Waals surface area contributed by atoms with Crippen LogP contribution < -0.4 is 10.6 Å². The molecule has 0 spiro atoms. The van der Waals surface area contributed by atoms with E-state index in [-0.39, 0.29) is 62.8 Å². The van der Waals surface area contributed by atoms with Gasteiger partial charge >= 0.3 is 0 Å². The van der Waals surface area contributed by atoms with Crippen LogP contribution in [0.15, 0.2) is 40.4 Å². The lowest BCUT2D eigenvalue weighted by Crippen LogP contribution is -2.45. The Morgan fingerprint density at radius 2 is 0.870 bits per heavy atom. The Morgan fingerprint density at radius 3 is 1.15 bits per heavy atom. The second kappa shape index (κ2) is 19.9. The molecule has 4 N–H and O–H groups in total. The molecule has 0 saturated carbocycles. The maximum atomic E-state index is 9.20. The van der Waals surface area contributed by atoms with Crippen molar-refractivity contribution in [2.75, 3.05) is 78.7 Å². The minimum absolute atomic E-state index is 0. The normalized spacial score (nSPS) is 18.2. The Balaban J connectivity index is 0. The predicted octanol–water partition coefficient (Wildman–Crippen LogP) is 3.10. The number of rotatable bonds is 12. The molecule has 4 rings (SSSR count). The third kappa shape index (κ3) is 12.3. The second-order valence-corrected chi connectivity index (χ2v) is 12.8. The Morgan fingerprint density at radius 1 is 0.543 bits per heavy atom. The first-order valence-corrected chi connectivity index (χ1v) is 15.0. The number of azo groups is 2. The third-order valence-electron chi connectivity index (χ3n) is 7.30. The van der Waals surface area contributed by atoms with Crippen LogP contribution in [0.5, 0.6) is 0 Å². The Hall–Kier alpha value is -1.84. The number of hydrogen-bond acceptors (Lipinski definition) is 14. The van der Waals surface area contributed by atoms with Crippen LogP contribution in [0.25, 0.3) is 0 Å². The lowest BCUT2D eigenvalue weighted by atomic mass is 10.0. The summed E-state index contributed by atoms with van der Waals surface area (Å²) in [6.45, 7) is 23.9. The molecule has 0 fully saturated rings. The van der Waals surface area contributed by atoms with Crippen molar-refractivity contribution in [2.24, 2.45) is 40.4 Å². The molecule has 0 amide bonds. The van der Waals surface area contributed by atoms with Crippen LogP contribution in [0.3, 0.4) is 0 Å². The number of aliphatic hydroxyl groups excluding tert-OH is 2. The third-order valence-corrected chi connectivity index (χ3v) is 7.30. The van der Waals surface area contributed by atoms with Crippen LogP contribution in [0, 0.1) is 0 Å². The molecule has 0 aromatic carbocycles. The van der Waals surface area contributed by atoms with Crippen LogP contribution in [0.4, 0.5) is 0 Å². The van der Waals surface area contributed by atoms with E-state index in [1.165, 1.54) is 0 Å². The zero-order valence-electron chi connectivity index (χ0n) is 28.5. The fourth-order valence-electron chi connectivity index (χ4n) is 5.10. The minimum atomic E-state index is -0.552. The van der Waals surface area contributed by atoms with Crippen molar-refractivity contribution in [3.05, 3.63) is 0 Å². The summed E-state index contributed by atoms with van der Waals surface area (Å²) in [5.74, 6) is 3.58. The van der Waals surface area contributed by atoms with Gasteiger partial charge in [0.25, 0.3) is 0 Å². The number of amidine groups is 4. The van der Waals surface area contributed by atoms with E-state index >= 15 is 0 Å². The predicted molar refractivity (Wildman–Crippen MR) is 198 cm³/mol. The first kappa shape index (κ1) is 46.3. The lowest BCUT2D eigenvalue weighted by Gasteiger charge is -2.31. The number of halogens is 4. The molecule has 14 nitrogen and oxygen atoms in total. The van der Waals surface area contributed by atoms with Crippen molar-refractivity contribution in [3.63, 3.8) is 0 Å². The molecule has 0 bridgehead atoms. The summed E-state index contributed by atoms with van der Waals surface area (Å²) in [6.07, 6.45) is 0. The number of hydrogen-bond donors (Lipinski definition) is 4. The van der Waals surface area contributed by atoms with Crippen LogP contribution >= 0.6 is 49.6 Å². The first-order chi connectivity index (χ1) is 19.7. The van der Waals surface area contributed by atoms with Gasteiger partial charge in [0, 0.05) is 39.3 Å². The van der Waals surface area contributed by atoms with E-state index in [4.69, 9.17) is 0 Å². The SMILES string of the molecule is CC(C)(N=NC(C)(C)C1=NCCN1)C1=NCCN1.CC(C)(N=NC(C)(C)C1=NCCN1CCO)C1=NCCN1CCO.Cl.Cl.Cl.Cl. The van der Waals surface area contributed by atoms with Crippen molar-refractivity contribution >= 4 is 73.0 Å². The van der Waals surface area contributed by atoms with Gasteiger partial charge in [-0.25, -0.2) is 0 Å². The number of β-amino-alcohol motifs (C(OH)–C–C–N with tert-alkyl or cyclic N) is 2. The molecule has 4 aliphatic heterocycles. The molecular formula is C28H56Cl4N12O2. The highest BCUT2D eigenvalue weighted by atomic mass is 35.5. The maximum Gasteiger partial charge on any atom is 0.133 e. The molecule has 4 heterocycles. The first-order valence-electron chi connectivity index (χ1n) is 15.0. The topological polar surface area (TPSA) is 170 Å². The number of nitrogens with one attached hydrogen (secondary N) is 2. The summed E-state index contributed by atoms with van der Waals surface area (Å²) in [4.78, 5) is 22.1. The van der Waals surface area contributed by atoms with Crippen molar-refractivity contribution in [1.82, 2.24) is 20.4 Å². The van der Waals surface area contributed by atoms with E-state index in [0.717, 1.165) is 75.7 Å². The van der Waals surface area contributed by atoms with Crippen molar-refractivity contribution in [1.29, 1.82) is 0 Å². The van der Waals surface area contributed by atoms with Gasteiger partial charge in [-0.2, -0.15) is 20.5 Å². The molecule has 0 unspecified atom stereocenters. The average molecular weight is 735 g/mol. The number of aliphatic hydroxyl groups is 2. The maximum absolute atomic E-state index is 9.20. The molecule has 0 aromatic heterocycles. The van der Waals surface area contributed by atoms with Gasteiger partial charge in [-0.15, -0.1) is 49.6 Å². The monoisotopic (exact) mass is 732 g/mol. The smallest absolute Gasteiger partial charge is 0.133 e. The van der Waals surface area contributed by atoms with Gasteiger partial charge in [0.1, 0.15) is 45.5 Å². The van der Waals surface area contributed by atoms with Crippen molar-refractivity contribution in [2.45, 2.75) is 77.5 Å². The zero-order valence-corrected chi connectivity index (χ0v) is 31.8. The highest BCUT2D eigenvalue weighted by molar-refractivity contribution is 5.94. The molecule has 0 atom stereocenters. The minimum Gasteiger partial charge on any atom is -0.395 e. The summed E-state index contributed by atoms with van der Waals surface area (Å²) >= 11 is 0. The molecular weight excluding hydrogens is 678 g/mol. The average Bonchev–Trinajstić information content (AvgIpc) is 3.75. The molecule has 46 heavy (non-hydrogen) atoms. The van der Waals surface area contributed by atoms with Gasteiger partial charge in [0.2, 0.25) is 0 Å². The standard InChI is InChI=1S/C16H30N6O2.C12H22N6.4ClH/c1-15(2,13-17-5-7-21(13)9-11-23)19-20-16(3,4)14-18-6-8-22(14)10-12-24;1-11(2,9-13-5-6-14-9)17-18-12(3,4)10-15-7-8-16-10;;;;/h23-24H,5-12H2,1-4H3;5-8H2,1-4H3,(H,13,14)(H,15,16);4*1H. The van der Waals surface area contributed by atoms with Gasteiger partial charge < -0.3 is 30.6 Å².